The molecule has 166 valence electrons. The van der Waals surface area contributed by atoms with Crippen molar-refractivity contribution in [2.24, 2.45) is 17.8 Å². The van der Waals surface area contributed by atoms with Gasteiger partial charge < -0.3 is 10.2 Å². The van der Waals surface area contributed by atoms with Crippen molar-refractivity contribution < 1.29 is 9.59 Å². The van der Waals surface area contributed by atoms with Crippen molar-refractivity contribution in [2.75, 3.05) is 13.1 Å². The lowest BCUT2D eigenvalue weighted by molar-refractivity contribution is -0.139. The third-order valence-electron chi connectivity index (χ3n) is 6.83. The predicted molar refractivity (Wildman–Crippen MR) is 128 cm³/mol. The number of aryl methyl sites for hydroxylation is 1. The van der Waals surface area contributed by atoms with E-state index in [0.717, 1.165) is 38.5 Å². The van der Waals surface area contributed by atoms with Gasteiger partial charge in [-0.15, -0.1) is 11.3 Å². The van der Waals surface area contributed by atoms with E-state index in [1.165, 1.54) is 11.3 Å². The monoisotopic (exact) mass is 467 g/mol. The number of thiophene rings is 1. The summed E-state index contributed by atoms with van der Waals surface area (Å²) >= 11 is 7.48. The number of piperidine rings is 1. The number of likely N-dealkylation sites (tertiary alicyclic amines) is 1. The number of carbonyl (C=O) groups excluding carboxylic acids is 2. The Hall–Kier alpha value is -2.44. The Balaban J connectivity index is 1.15. The molecule has 7 heteroatoms. The van der Waals surface area contributed by atoms with Gasteiger partial charge in [-0.2, -0.15) is 0 Å². The minimum atomic E-state index is 0.0131. The topological polar surface area (TPSA) is 62.3 Å². The van der Waals surface area contributed by atoms with Gasteiger partial charge in [0.05, 0.1) is 16.4 Å². The Bertz CT molecular complexity index is 1130. The zero-order valence-corrected chi connectivity index (χ0v) is 19.4. The number of nitrogens with one attached hydrogen (secondary N) is 1. The van der Waals surface area contributed by atoms with Crippen LogP contribution in [-0.4, -0.2) is 34.8 Å². The van der Waals surface area contributed by atoms with Crippen molar-refractivity contribution in [3.8, 4) is 0 Å². The van der Waals surface area contributed by atoms with Crippen molar-refractivity contribution in [3.63, 3.8) is 0 Å². The van der Waals surface area contributed by atoms with Crippen LogP contribution in [0.25, 0.3) is 10.9 Å². The third kappa shape index (κ3) is 4.52. The Morgan fingerprint density at radius 3 is 2.66 bits per heavy atom. The first-order valence-corrected chi connectivity index (χ1v) is 12.4. The zero-order valence-electron chi connectivity index (χ0n) is 17.8. The molecule has 1 saturated carbocycles. The summed E-state index contributed by atoms with van der Waals surface area (Å²) in [5.41, 5.74) is 2.06. The molecule has 32 heavy (non-hydrogen) atoms. The maximum atomic E-state index is 12.9. The molecule has 2 aliphatic rings. The highest BCUT2D eigenvalue weighted by atomic mass is 35.5. The number of rotatable bonds is 6. The third-order valence-corrected chi connectivity index (χ3v) is 8.06. The minimum absolute atomic E-state index is 0.0131. The maximum Gasteiger partial charge on any atom is 0.224 e. The number of hydrogen-bond donors (Lipinski definition) is 1. The van der Waals surface area contributed by atoms with Gasteiger partial charge in [-0.25, -0.2) is 0 Å². The van der Waals surface area contributed by atoms with Crippen LogP contribution in [0, 0.1) is 17.8 Å². The van der Waals surface area contributed by atoms with E-state index in [0.29, 0.717) is 32.5 Å². The van der Waals surface area contributed by atoms with Crippen molar-refractivity contribution in [1.82, 2.24) is 15.2 Å². The number of pyridine rings is 1. The van der Waals surface area contributed by atoms with Gasteiger partial charge >= 0.3 is 0 Å². The molecule has 1 aliphatic heterocycles. The molecule has 5 rings (SSSR count). The van der Waals surface area contributed by atoms with Crippen LogP contribution < -0.4 is 5.32 Å². The van der Waals surface area contributed by atoms with Crippen LogP contribution in [0.15, 0.2) is 48.7 Å². The molecule has 3 aromatic rings. The van der Waals surface area contributed by atoms with Crippen LogP contribution in [0.5, 0.6) is 0 Å². The van der Waals surface area contributed by atoms with E-state index in [2.05, 4.69) is 16.4 Å². The molecule has 2 bridgehead atoms. The van der Waals surface area contributed by atoms with Gasteiger partial charge in [0.2, 0.25) is 11.8 Å². The van der Waals surface area contributed by atoms with Crippen molar-refractivity contribution >= 4 is 45.7 Å². The van der Waals surface area contributed by atoms with E-state index >= 15 is 0 Å². The molecule has 2 aromatic heterocycles. The Labute approximate surface area is 196 Å². The number of nitrogens with zero attached hydrogens (tertiary/aromatic N) is 2. The summed E-state index contributed by atoms with van der Waals surface area (Å²) in [6.07, 6.45) is 5.08. The first kappa shape index (κ1) is 21.4. The smallest absolute Gasteiger partial charge is 0.224 e. The fourth-order valence-electron chi connectivity index (χ4n) is 5.26. The summed E-state index contributed by atoms with van der Waals surface area (Å²) < 4.78 is 0.737. The Morgan fingerprint density at radius 2 is 1.91 bits per heavy atom. The molecule has 1 aromatic carbocycles. The fourth-order valence-corrected chi connectivity index (χ4v) is 6.28. The highest BCUT2D eigenvalue weighted by Gasteiger charge is 2.46. The zero-order chi connectivity index (χ0) is 22.1. The van der Waals surface area contributed by atoms with Gasteiger partial charge in [-0.05, 0) is 60.9 Å². The molecule has 2 fully saturated rings. The largest absolute Gasteiger partial charge is 0.351 e. The van der Waals surface area contributed by atoms with Gasteiger partial charge in [-0.1, -0.05) is 29.8 Å². The van der Waals surface area contributed by atoms with E-state index in [4.69, 9.17) is 11.6 Å². The van der Waals surface area contributed by atoms with Crippen molar-refractivity contribution in [1.29, 1.82) is 0 Å². The van der Waals surface area contributed by atoms with Crippen molar-refractivity contribution in [3.05, 3.63) is 63.4 Å². The molecule has 0 radical (unpaired) electrons. The fraction of sp³-hybridized carbons (Fsp3) is 0.400. The van der Waals surface area contributed by atoms with E-state index in [9.17, 15) is 9.59 Å². The van der Waals surface area contributed by atoms with Gasteiger partial charge in [0.25, 0.3) is 0 Å². The number of halogens is 1. The number of hydrogen-bond acceptors (Lipinski definition) is 4. The second-order valence-corrected chi connectivity index (χ2v) is 10.7. The van der Waals surface area contributed by atoms with Crippen LogP contribution in [-0.2, 0) is 22.6 Å². The summed E-state index contributed by atoms with van der Waals surface area (Å²) in [6, 6.07) is 14.0. The number of benzene rings is 1. The first-order valence-electron chi connectivity index (χ1n) is 11.2. The average molecular weight is 468 g/mol. The van der Waals surface area contributed by atoms with Gasteiger partial charge in [0.15, 0.2) is 0 Å². The quantitative estimate of drug-likeness (QED) is 0.572. The summed E-state index contributed by atoms with van der Waals surface area (Å²) in [7, 11) is 0. The lowest BCUT2D eigenvalue weighted by atomic mass is 9.84. The molecule has 3 heterocycles. The Kier molecular flexibility index (Phi) is 6.15. The minimum Gasteiger partial charge on any atom is -0.351 e. The molecule has 0 unspecified atom stereocenters. The van der Waals surface area contributed by atoms with Crippen molar-refractivity contribution in [2.45, 2.75) is 32.2 Å². The summed E-state index contributed by atoms with van der Waals surface area (Å²) in [6.45, 7) is 1.90. The van der Waals surface area contributed by atoms with E-state index in [1.54, 1.807) is 0 Å². The molecule has 1 N–H and O–H groups in total. The van der Waals surface area contributed by atoms with Crippen LogP contribution in [0.3, 0.4) is 0 Å². The molecule has 5 nitrogen and oxygen atoms in total. The molecular weight excluding hydrogens is 442 g/mol. The first-order chi connectivity index (χ1) is 15.6. The lowest BCUT2D eigenvalue weighted by Gasteiger charge is -2.37. The molecule has 2 atom stereocenters. The van der Waals surface area contributed by atoms with Gasteiger partial charge in [-0.3, -0.25) is 14.6 Å². The van der Waals surface area contributed by atoms with Crippen LogP contribution in [0.4, 0.5) is 0 Å². The number of para-hydroxylation sites is 1. The number of carbonyl (C=O) groups is 2. The molecule has 2 amide bonds. The van der Waals surface area contributed by atoms with Gasteiger partial charge in [0, 0.05) is 41.9 Å². The summed E-state index contributed by atoms with van der Waals surface area (Å²) in [4.78, 5) is 33.4. The summed E-state index contributed by atoms with van der Waals surface area (Å²) in [5, 5.41) is 4.19. The Morgan fingerprint density at radius 1 is 1.12 bits per heavy atom. The lowest BCUT2D eigenvalue weighted by Crippen LogP contribution is -2.49. The van der Waals surface area contributed by atoms with E-state index in [1.807, 2.05) is 47.5 Å². The van der Waals surface area contributed by atoms with E-state index < -0.39 is 0 Å². The van der Waals surface area contributed by atoms with E-state index in [-0.39, 0.29) is 29.6 Å². The second-order valence-electron chi connectivity index (χ2n) is 8.88. The standard InChI is InChI=1S/C25H26ClN3O2S/c26-22-9-8-20(32-22)13-28-25(31)24-18-6-7-19(24)15-29(14-18)23(30)10-5-16-11-17-3-1-2-4-21(17)27-12-16/h1-4,8-9,11-12,18-19,24H,5-7,10,13-15H2,(H,28,31)/t18-,19-/m1/s1. The molecule has 1 saturated heterocycles. The predicted octanol–water partition coefficient (Wildman–Crippen LogP) is 4.68. The number of aromatic nitrogens is 1. The maximum absolute atomic E-state index is 12.9. The number of fused-ring (bicyclic) bond motifs is 3. The molecular formula is C25H26ClN3O2S. The number of amides is 2. The summed E-state index contributed by atoms with van der Waals surface area (Å²) in [5.74, 6) is 0.830. The van der Waals surface area contributed by atoms with Gasteiger partial charge in [0.1, 0.15) is 0 Å². The average Bonchev–Trinajstić information content (AvgIpc) is 3.34. The van der Waals surface area contributed by atoms with Crippen LogP contribution >= 0.6 is 22.9 Å². The normalized spacial score (nSPS) is 22.3. The second kappa shape index (κ2) is 9.20. The highest BCUT2D eigenvalue weighted by Crippen LogP contribution is 2.42. The molecule has 0 spiro atoms. The SMILES string of the molecule is O=C(NCc1ccc(Cl)s1)C1[C@@H]2CC[C@@H]1CN(C(=O)CCc1cnc3ccccc3c1)C2. The highest BCUT2D eigenvalue weighted by molar-refractivity contribution is 7.16. The van der Waals surface area contributed by atoms with Crippen LogP contribution in [0.2, 0.25) is 4.34 Å². The van der Waals surface area contributed by atoms with Crippen LogP contribution in [0.1, 0.15) is 29.7 Å². The molecule has 1 aliphatic carbocycles.